The zero-order valence-corrected chi connectivity index (χ0v) is 9.18. The molecule has 0 aliphatic heterocycles. The molecule has 1 saturated carbocycles. The van der Waals surface area contributed by atoms with Gasteiger partial charge in [0.05, 0.1) is 11.3 Å². The zero-order valence-electron chi connectivity index (χ0n) is 9.18. The van der Waals surface area contributed by atoms with Crippen LogP contribution in [0.5, 0.6) is 0 Å². The van der Waals surface area contributed by atoms with Gasteiger partial charge in [-0.2, -0.15) is 5.26 Å². The molecule has 1 aliphatic carbocycles. The number of carbonyl (C=O) groups excluding carboxylic acids is 1. The molecule has 0 unspecified atom stereocenters. The highest BCUT2D eigenvalue weighted by Crippen LogP contribution is 2.38. The minimum absolute atomic E-state index is 0.355. The Morgan fingerprint density at radius 3 is 2.88 bits per heavy atom. The van der Waals surface area contributed by atoms with E-state index in [2.05, 4.69) is 6.07 Å². The molecule has 1 aromatic heterocycles. The average Bonchev–Trinajstić information content (AvgIpc) is 2.57. The van der Waals surface area contributed by atoms with Crippen molar-refractivity contribution >= 4 is 6.29 Å². The van der Waals surface area contributed by atoms with Gasteiger partial charge >= 0.3 is 0 Å². The topological polar surface area (TPSA) is 66.0 Å². The van der Waals surface area contributed by atoms with E-state index in [9.17, 15) is 9.90 Å². The third-order valence-corrected chi connectivity index (χ3v) is 3.15. The minimum Gasteiger partial charge on any atom is -0.390 e. The second kappa shape index (κ2) is 3.76. The number of nitriles is 1. The fraction of sp³-hybridized carbons (Fsp3) is 0.500. The van der Waals surface area contributed by atoms with Crippen molar-refractivity contribution in [3.63, 3.8) is 0 Å². The van der Waals surface area contributed by atoms with Crippen LogP contribution in [0.3, 0.4) is 0 Å². The molecule has 4 heteroatoms. The number of aromatic nitrogens is 1. The second-order valence-electron chi connectivity index (χ2n) is 4.75. The molecule has 0 atom stereocenters. The standard InChI is InChI=1S/C12H14N2O2/c1-12(16)4-9(5-12)7-14-10(6-13)2-3-11(14)8-15/h2-3,8-9,16H,4-5,7H2,1H3. The molecule has 0 aromatic carbocycles. The number of aliphatic hydroxyl groups is 1. The lowest BCUT2D eigenvalue weighted by atomic mass is 9.72. The summed E-state index contributed by atoms with van der Waals surface area (Å²) in [5, 5.41) is 18.5. The lowest BCUT2D eigenvalue weighted by Crippen LogP contribution is -2.42. The first-order chi connectivity index (χ1) is 7.55. The first-order valence-corrected chi connectivity index (χ1v) is 5.33. The summed E-state index contributed by atoms with van der Waals surface area (Å²) in [5.74, 6) is 0.355. The van der Waals surface area contributed by atoms with Gasteiger partial charge in [0.15, 0.2) is 6.29 Å². The van der Waals surface area contributed by atoms with E-state index in [0.717, 1.165) is 19.1 Å². The van der Waals surface area contributed by atoms with Gasteiger partial charge in [-0.25, -0.2) is 0 Å². The van der Waals surface area contributed by atoms with Crippen molar-refractivity contribution in [3.8, 4) is 6.07 Å². The molecule has 0 bridgehead atoms. The Balaban J connectivity index is 2.13. The first kappa shape index (κ1) is 10.9. The first-order valence-electron chi connectivity index (χ1n) is 5.33. The highest BCUT2D eigenvalue weighted by molar-refractivity contribution is 5.73. The monoisotopic (exact) mass is 218 g/mol. The van der Waals surface area contributed by atoms with Crippen LogP contribution >= 0.6 is 0 Å². The predicted molar refractivity (Wildman–Crippen MR) is 57.9 cm³/mol. The molecule has 4 nitrogen and oxygen atoms in total. The van der Waals surface area contributed by atoms with Gasteiger partial charge in [-0.3, -0.25) is 4.79 Å². The maximum absolute atomic E-state index is 10.8. The zero-order chi connectivity index (χ0) is 11.8. The molecule has 1 fully saturated rings. The number of hydrogen-bond acceptors (Lipinski definition) is 3. The number of carbonyl (C=O) groups is 1. The van der Waals surface area contributed by atoms with E-state index in [1.54, 1.807) is 16.7 Å². The van der Waals surface area contributed by atoms with E-state index in [1.165, 1.54) is 0 Å². The molecular formula is C12H14N2O2. The number of rotatable bonds is 3. The van der Waals surface area contributed by atoms with E-state index in [1.807, 2.05) is 6.92 Å². The van der Waals surface area contributed by atoms with Gasteiger partial charge in [-0.15, -0.1) is 0 Å². The molecule has 0 spiro atoms. The number of hydrogen-bond donors (Lipinski definition) is 1. The molecule has 1 N–H and O–H groups in total. The summed E-state index contributed by atoms with van der Waals surface area (Å²) in [4.78, 5) is 10.8. The predicted octanol–water partition coefficient (Wildman–Crippen LogP) is 1.33. The molecule has 1 heterocycles. The summed E-state index contributed by atoms with van der Waals surface area (Å²) >= 11 is 0. The Labute approximate surface area is 94.1 Å². The summed E-state index contributed by atoms with van der Waals surface area (Å²) in [6.07, 6.45) is 2.22. The van der Waals surface area contributed by atoms with Crippen LogP contribution in [0.1, 0.15) is 35.9 Å². The van der Waals surface area contributed by atoms with E-state index in [0.29, 0.717) is 23.9 Å². The summed E-state index contributed by atoms with van der Waals surface area (Å²) in [7, 11) is 0. The molecule has 1 aliphatic rings. The van der Waals surface area contributed by atoms with Gasteiger partial charge < -0.3 is 9.67 Å². The summed E-state index contributed by atoms with van der Waals surface area (Å²) in [6, 6.07) is 5.37. The average molecular weight is 218 g/mol. The Morgan fingerprint density at radius 1 is 1.69 bits per heavy atom. The highest BCUT2D eigenvalue weighted by Gasteiger charge is 2.38. The molecule has 84 valence electrons. The molecule has 0 radical (unpaired) electrons. The van der Waals surface area contributed by atoms with Gasteiger partial charge in [0.25, 0.3) is 0 Å². The van der Waals surface area contributed by atoms with Crippen LogP contribution in [-0.4, -0.2) is 21.6 Å². The van der Waals surface area contributed by atoms with E-state index in [4.69, 9.17) is 5.26 Å². The molecular weight excluding hydrogens is 204 g/mol. The van der Waals surface area contributed by atoms with Gasteiger partial charge in [0.1, 0.15) is 11.8 Å². The van der Waals surface area contributed by atoms with Crippen molar-refractivity contribution in [2.24, 2.45) is 5.92 Å². The molecule has 2 rings (SSSR count). The van der Waals surface area contributed by atoms with Gasteiger partial charge in [-0.1, -0.05) is 0 Å². The molecule has 0 saturated heterocycles. The molecule has 16 heavy (non-hydrogen) atoms. The normalized spacial score (nSPS) is 28.2. The van der Waals surface area contributed by atoms with Crippen LogP contribution in [0.25, 0.3) is 0 Å². The van der Waals surface area contributed by atoms with Crippen LogP contribution < -0.4 is 0 Å². The van der Waals surface area contributed by atoms with Crippen LogP contribution in [0, 0.1) is 17.2 Å². The van der Waals surface area contributed by atoms with Crippen molar-refractivity contribution in [2.75, 3.05) is 0 Å². The lowest BCUT2D eigenvalue weighted by molar-refractivity contribution is -0.0618. The van der Waals surface area contributed by atoms with Crippen LogP contribution in [0.2, 0.25) is 0 Å². The van der Waals surface area contributed by atoms with Gasteiger partial charge in [0.2, 0.25) is 0 Å². The second-order valence-corrected chi connectivity index (χ2v) is 4.75. The SMILES string of the molecule is CC1(O)CC(Cn2c(C#N)ccc2C=O)C1. The van der Waals surface area contributed by atoms with Crippen molar-refractivity contribution in [2.45, 2.75) is 31.9 Å². The van der Waals surface area contributed by atoms with Crippen LogP contribution in [0.15, 0.2) is 12.1 Å². The minimum atomic E-state index is -0.564. The quantitative estimate of drug-likeness (QED) is 0.778. The van der Waals surface area contributed by atoms with E-state index >= 15 is 0 Å². The van der Waals surface area contributed by atoms with Gasteiger partial charge in [0, 0.05) is 6.54 Å². The van der Waals surface area contributed by atoms with E-state index in [-0.39, 0.29) is 0 Å². The van der Waals surface area contributed by atoms with Crippen molar-refractivity contribution in [1.82, 2.24) is 4.57 Å². The molecule has 0 amide bonds. The summed E-state index contributed by atoms with van der Waals surface area (Å²) in [6.45, 7) is 2.45. The fourth-order valence-electron chi connectivity index (χ4n) is 2.46. The van der Waals surface area contributed by atoms with Crippen LogP contribution in [0.4, 0.5) is 0 Å². The maximum Gasteiger partial charge on any atom is 0.166 e. The lowest BCUT2D eigenvalue weighted by Gasteiger charge is -2.41. The Morgan fingerprint density at radius 2 is 2.38 bits per heavy atom. The Kier molecular flexibility index (Phi) is 2.56. The fourth-order valence-corrected chi connectivity index (χ4v) is 2.46. The van der Waals surface area contributed by atoms with Crippen molar-refractivity contribution in [1.29, 1.82) is 5.26 Å². The largest absolute Gasteiger partial charge is 0.390 e. The van der Waals surface area contributed by atoms with Crippen LogP contribution in [-0.2, 0) is 6.54 Å². The number of aldehydes is 1. The van der Waals surface area contributed by atoms with E-state index < -0.39 is 5.60 Å². The van der Waals surface area contributed by atoms with Crippen molar-refractivity contribution in [3.05, 3.63) is 23.5 Å². The molecule has 1 aromatic rings. The van der Waals surface area contributed by atoms with Gasteiger partial charge in [-0.05, 0) is 37.8 Å². The number of nitrogens with zero attached hydrogens (tertiary/aromatic N) is 2. The third-order valence-electron chi connectivity index (χ3n) is 3.15. The van der Waals surface area contributed by atoms with Crippen molar-refractivity contribution < 1.29 is 9.90 Å². The third kappa shape index (κ3) is 1.86. The Bertz CT molecular complexity index is 446. The maximum atomic E-state index is 10.8. The highest BCUT2D eigenvalue weighted by atomic mass is 16.3. The Hall–Kier alpha value is -1.60. The smallest absolute Gasteiger partial charge is 0.166 e. The summed E-state index contributed by atoms with van der Waals surface area (Å²) in [5.41, 5.74) is 0.475. The summed E-state index contributed by atoms with van der Waals surface area (Å²) < 4.78 is 1.73.